The molecule has 3 heterocycles. The maximum absolute atomic E-state index is 13.4. The fourth-order valence-electron chi connectivity index (χ4n) is 3.70. The normalized spacial score (nSPS) is 15.2. The average molecular weight is 377 g/mol. The summed E-state index contributed by atoms with van der Waals surface area (Å²) in [5, 5.41) is 4.80. The maximum atomic E-state index is 13.4. The molecule has 2 aromatic heterocycles. The second kappa shape index (κ2) is 7.64. The van der Waals surface area contributed by atoms with E-state index in [1.165, 1.54) is 5.56 Å². The van der Waals surface area contributed by atoms with Crippen LogP contribution in [-0.2, 0) is 7.05 Å². The van der Waals surface area contributed by atoms with Crippen molar-refractivity contribution in [3.05, 3.63) is 59.9 Å². The minimum atomic E-state index is 0.0456. The van der Waals surface area contributed by atoms with Crippen LogP contribution in [0.2, 0.25) is 0 Å². The smallest absolute Gasteiger partial charge is 0.272 e. The summed E-state index contributed by atoms with van der Waals surface area (Å²) in [5.41, 5.74) is 4.51. The van der Waals surface area contributed by atoms with E-state index in [1.807, 2.05) is 65.2 Å². The van der Waals surface area contributed by atoms with Crippen LogP contribution in [0.1, 0.15) is 23.0 Å². The Morgan fingerprint density at radius 2 is 1.79 bits per heavy atom. The van der Waals surface area contributed by atoms with Gasteiger partial charge in [0.1, 0.15) is 11.4 Å². The lowest BCUT2D eigenvalue weighted by molar-refractivity contribution is 0.0634. The average Bonchev–Trinajstić information content (AvgIpc) is 3.34. The minimum absolute atomic E-state index is 0.0456. The van der Waals surface area contributed by atoms with E-state index in [0.717, 1.165) is 49.8 Å². The van der Waals surface area contributed by atoms with Crippen LogP contribution in [0.25, 0.3) is 17.1 Å². The first-order chi connectivity index (χ1) is 13.6. The summed E-state index contributed by atoms with van der Waals surface area (Å²) in [7, 11) is 1.99. The van der Waals surface area contributed by atoms with E-state index >= 15 is 0 Å². The zero-order valence-corrected chi connectivity index (χ0v) is 16.8. The van der Waals surface area contributed by atoms with Crippen molar-refractivity contribution in [2.24, 2.45) is 7.05 Å². The largest absolute Gasteiger partial charge is 0.349 e. The summed E-state index contributed by atoms with van der Waals surface area (Å²) in [5.74, 6) is 0.0456. The molecule has 3 aromatic rings. The van der Waals surface area contributed by atoms with Crippen LogP contribution in [0.15, 0.2) is 48.7 Å². The molecule has 0 saturated carbocycles. The standard InChI is InChI=1S/C22H27N5O/c1-4-25-12-14-26(15-13-25)22(28)21-16-19(20-6-5-11-24(20)3)23-27(21)18-9-7-17(2)8-10-18/h5-11,16H,4,12-15H2,1-3H3. The van der Waals surface area contributed by atoms with Gasteiger partial charge in [0.2, 0.25) is 0 Å². The van der Waals surface area contributed by atoms with Crippen molar-refractivity contribution in [1.29, 1.82) is 0 Å². The Bertz CT molecular complexity index is 961. The zero-order chi connectivity index (χ0) is 19.7. The van der Waals surface area contributed by atoms with Crippen molar-refractivity contribution in [1.82, 2.24) is 24.1 Å². The molecule has 0 N–H and O–H groups in total. The van der Waals surface area contributed by atoms with Crippen LogP contribution in [0.4, 0.5) is 0 Å². The molecule has 6 heteroatoms. The third-order valence-corrected chi connectivity index (χ3v) is 5.52. The van der Waals surface area contributed by atoms with Gasteiger partial charge < -0.3 is 14.4 Å². The molecule has 1 aromatic carbocycles. The number of benzene rings is 1. The van der Waals surface area contributed by atoms with Gasteiger partial charge in [0.25, 0.3) is 5.91 Å². The number of amides is 1. The molecule has 1 fully saturated rings. The SMILES string of the molecule is CCN1CCN(C(=O)c2cc(-c3cccn3C)nn2-c2ccc(C)cc2)CC1. The first-order valence-electron chi connectivity index (χ1n) is 9.87. The number of aryl methyl sites for hydroxylation is 2. The van der Waals surface area contributed by atoms with E-state index in [2.05, 4.69) is 18.7 Å². The molecule has 0 aliphatic carbocycles. The summed E-state index contributed by atoms with van der Waals surface area (Å²) >= 11 is 0. The Balaban J connectivity index is 1.72. The predicted molar refractivity (Wildman–Crippen MR) is 111 cm³/mol. The van der Waals surface area contributed by atoms with Gasteiger partial charge in [0.05, 0.1) is 11.4 Å². The van der Waals surface area contributed by atoms with Crippen molar-refractivity contribution < 1.29 is 4.79 Å². The van der Waals surface area contributed by atoms with Gasteiger partial charge in [-0.2, -0.15) is 5.10 Å². The maximum Gasteiger partial charge on any atom is 0.272 e. The quantitative estimate of drug-likeness (QED) is 0.702. The number of likely N-dealkylation sites (N-methyl/N-ethyl adjacent to an activating group) is 1. The fourth-order valence-corrected chi connectivity index (χ4v) is 3.70. The lowest BCUT2D eigenvalue weighted by atomic mass is 10.2. The number of carbonyl (C=O) groups is 1. The molecule has 0 unspecified atom stereocenters. The van der Waals surface area contributed by atoms with E-state index < -0.39 is 0 Å². The molecule has 1 saturated heterocycles. The summed E-state index contributed by atoms with van der Waals surface area (Å²) in [6.07, 6.45) is 1.99. The van der Waals surface area contributed by atoms with E-state index in [1.54, 1.807) is 4.68 Å². The van der Waals surface area contributed by atoms with Gasteiger partial charge in [0.15, 0.2) is 0 Å². The lowest BCUT2D eigenvalue weighted by Crippen LogP contribution is -2.48. The van der Waals surface area contributed by atoms with Crippen LogP contribution < -0.4 is 0 Å². The topological polar surface area (TPSA) is 46.3 Å². The Morgan fingerprint density at radius 3 is 2.39 bits per heavy atom. The minimum Gasteiger partial charge on any atom is -0.349 e. The number of carbonyl (C=O) groups excluding carboxylic acids is 1. The Kier molecular flexibility index (Phi) is 5.05. The van der Waals surface area contributed by atoms with Crippen LogP contribution in [0, 0.1) is 6.92 Å². The molecule has 4 rings (SSSR count). The van der Waals surface area contributed by atoms with Crippen LogP contribution >= 0.6 is 0 Å². The molecule has 0 spiro atoms. The highest BCUT2D eigenvalue weighted by molar-refractivity contribution is 5.94. The number of aromatic nitrogens is 3. The third-order valence-electron chi connectivity index (χ3n) is 5.52. The van der Waals surface area contributed by atoms with Gasteiger partial charge in [-0.15, -0.1) is 0 Å². The highest BCUT2D eigenvalue weighted by atomic mass is 16.2. The number of rotatable bonds is 4. The molecular formula is C22H27N5O. The molecular weight excluding hydrogens is 350 g/mol. The first-order valence-corrected chi connectivity index (χ1v) is 9.87. The van der Waals surface area contributed by atoms with Gasteiger partial charge in [-0.3, -0.25) is 4.79 Å². The van der Waals surface area contributed by atoms with E-state index in [0.29, 0.717) is 5.69 Å². The third kappa shape index (κ3) is 3.47. The van der Waals surface area contributed by atoms with Gasteiger partial charge in [-0.25, -0.2) is 4.68 Å². The highest BCUT2D eigenvalue weighted by Crippen LogP contribution is 2.23. The molecule has 0 atom stereocenters. The lowest BCUT2D eigenvalue weighted by Gasteiger charge is -2.34. The fraction of sp³-hybridized carbons (Fsp3) is 0.364. The molecule has 1 amide bonds. The molecule has 6 nitrogen and oxygen atoms in total. The zero-order valence-electron chi connectivity index (χ0n) is 16.8. The number of piperazine rings is 1. The monoisotopic (exact) mass is 377 g/mol. The van der Waals surface area contributed by atoms with Crippen LogP contribution in [0.5, 0.6) is 0 Å². The Hall–Kier alpha value is -2.86. The molecule has 0 radical (unpaired) electrons. The summed E-state index contributed by atoms with van der Waals surface area (Å²) in [6.45, 7) is 8.60. The van der Waals surface area contributed by atoms with Crippen molar-refractivity contribution in [3.8, 4) is 17.1 Å². The number of hydrogen-bond donors (Lipinski definition) is 0. The summed E-state index contributed by atoms with van der Waals surface area (Å²) < 4.78 is 3.81. The van der Waals surface area contributed by atoms with Crippen LogP contribution in [-0.4, -0.2) is 62.8 Å². The molecule has 0 bridgehead atoms. The number of nitrogens with zero attached hydrogens (tertiary/aromatic N) is 5. The second-order valence-corrected chi connectivity index (χ2v) is 7.39. The molecule has 1 aliphatic heterocycles. The number of hydrogen-bond acceptors (Lipinski definition) is 3. The Labute approximate surface area is 166 Å². The van der Waals surface area contributed by atoms with Gasteiger partial charge in [0, 0.05) is 39.4 Å². The van der Waals surface area contributed by atoms with Crippen molar-refractivity contribution >= 4 is 5.91 Å². The van der Waals surface area contributed by atoms with Gasteiger partial charge >= 0.3 is 0 Å². The molecule has 28 heavy (non-hydrogen) atoms. The van der Waals surface area contributed by atoms with Crippen LogP contribution in [0.3, 0.4) is 0 Å². The van der Waals surface area contributed by atoms with Crippen molar-refractivity contribution in [2.45, 2.75) is 13.8 Å². The molecule has 1 aliphatic rings. The van der Waals surface area contributed by atoms with E-state index in [-0.39, 0.29) is 5.91 Å². The predicted octanol–water partition coefficient (Wildman–Crippen LogP) is 2.96. The van der Waals surface area contributed by atoms with E-state index in [9.17, 15) is 4.79 Å². The highest BCUT2D eigenvalue weighted by Gasteiger charge is 2.26. The van der Waals surface area contributed by atoms with Crippen molar-refractivity contribution in [2.75, 3.05) is 32.7 Å². The summed E-state index contributed by atoms with van der Waals surface area (Å²) in [4.78, 5) is 17.7. The molecule has 146 valence electrons. The van der Waals surface area contributed by atoms with E-state index in [4.69, 9.17) is 5.10 Å². The first kappa shape index (κ1) is 18.5. The Morgan fingerprint density at radius 1 is 1.07 bits per heavy atom. The van der Waals surface area contributed by atoms with Crippen molar-refractivity contribution in [3.63, 3.8) is 0 Å². The second-order valence-electron chi connectivity index (χ2n) is 7.39. The van der Waals surface area contributed by atoms with Gasteiger partial charge in [-0.05, 0) is 43.8 Å². The van der Waals surface area contributed by atoms with Gasteiger partial charge in [-0.1, -0.05) is 24.6 Å². The summed E-state index contributed by atoms with van der Waals surface area (Å²) in [6, 6.07) is 14.1.